The summed E-state index contributed by atoms with van der Waals surface area (Å²) in [5.41, 5.74) is 6.99. The van der Waals surface area contributed by atoms with Gasteiger partial charge in [-0.05, 0) is 84.5 Å². The molecule has 2 heteroatoms. The van der Waals surface area contributed by atoms with Crippen molar-refractivity contribution in [1.29, 1.82) is 5.26 Å². The Hall–Kier alpha value is -5.78. The van der Waals surface area contributed by atoms with Crippen molar-refractivity contribution in [3.05, 3.63) is 151 Å². The van der Waals surface area contributed by atoms with Gasteiger partial charge in [0.2, 0.25) is 0 Å². The van der Waals surface area contributed by atoms with Crippen molar-refractivity contribution in [2.45, 2.75) is 0 Å². The third-order valence-electron chi connectivity index (χ3n) is 8.31. The van der Waals surface area contributed by atoms with Crippen LogP contribution >= 0.6 is 0 Å². The van der Waals surface area contributed by atoms with Gasteiger partial charge in [0.05, 0.1) is 23.0 Å². The van der Waals surface area contributed by atoms with Crippen LogP contribution in [0.15, 0.2) is 146 Å². The topological polar surface area (TPSA) is 36.7 Å². The van der Waals surface area contributed by atoms with Gasteiger partial charge >= 0.3 is 0 Å². The van der Waals surface area contributed by atoms with Crippen LogP contribution in [0.3, 0.4) is 0 Å². The zero-order valence-electron chi connectivity index (χ0n) is 22.8. The molecular formula is C40H24N2. The maximum atomic E-state index is 9.22. The van der Waals surface area contributed by atoms with Gasteiger partial charge in [0.1, 0.15) is 0 Å². The highest BCUT2D eigenvalue weighted by Gasteiger charge is 2.13. The van der Waals surface area contributed by atoms with E-state index in [1.54, 1.807) is 0 Å². The van der Waals surface area contributed by atoms with Crippen LogP contribution in [0.2, 0.25) is 0 Å². The molecule has 0 saturated heterocycles. The first-order valence-electron chi connectivity index (χ1n) is 14.1. The second-order valence-corrected chi connectivity index (χ2v) is 10.7. The summed E-state index contributed by atoms with van der Waals surface area (Å²) in [7, 11) is 0. The number of rotatable bonds is 3. The molecule has 2 nitrogen and oxygen atoms in total. The van der Waals surface area contributed by atoms with Gasteiger partial charge in [0.25, 0.3) is 0 Å². The predicted octanol–water partition coefficient (Wildman–Crippen LogP) is 10.6. The first-order valence-corrected chi connectivity index (χ1v) is 14.1. The number of hydrogen-bond acceptors (Lipinski definition) is 2. The molecule has 0 unspecified atom stereocenters. The first kappa shape index (κ1) is 24.1. The lowest BCUT2D eigenvalue weighted by atomic mass is 9.92. The van der Waals surface area contributed by atoms with Gasteiger partial charge in [-0.1, -0.05) is 115 Å². The van der Waals surface area contributed by atoms with E-state index >= 15 is 0 Å². The van der Waals surface area contributed by atoms with Gasteiger partial charge in [-0.25, -0.2) is 4.98 Å². The minimum atomic E-state index is 0.663. The van der Waals surface area contributed by atoms with Gasteiger partial charge in [0, 0.05) is 11.1 Å². The molecule has 0 amide bonds. The van der Waals surface area contributed by atoms with E-state index in [2.05, 4.69) is 127 Å². The predicted molar refractivity (Wildman–Crippen MR) is 175 cm³/mol. The van der Waals surface area contributed by atoms with E-state index in [1.807, 2.05) is 24.3 Å². The molecule has 0 saturated carbocycles. The Morgan fingerprint density at radius 3 is 1.52 bits per heavy atom. The fraction of sp³-hybridized carbons (Fsp3) is 0. The van der Waals surface area contributed by atoms with E-state index < -0.39 is 0 Å². The first-order chi connectivity index (χ1) is 20.8. The van der Waals surface area contributed by atoms with Crippen LogP contribution in [0.25, 0.3) is 76.7 Å². The molecule has 194 valence electrons. The molecular weight excluding hydrogens is 508 g/mol. The van der Waals surface area contributed by atoms with E-state index in [0.717, 1.165) is 44.4 Å². The number of hydrogen-bond donors (Lipinski definition) is 0. The molecule has 1 aromatic heterocycles. The molecule has 0 radical (unpaired) electrons. The van der Waals surface area contributed by atoms with Crippen molar-refractivity contribution in [3.63, 3.8) is 0 Å². The van der Waals surface area contributed by atoms with Crippen LogP contribution in [-0.2, 0) is 0 Å². The number of fused-ring (bicyclic) bond motifs is 7. The maximum absolute atomic E-state index is 9.22. The van der Waals surface area contributed by atoms with E-state index in [0.29, 0.717) is 5.56 Å². The molecule has 0 aliphatic rings. The lowest BCUT2D eigenvalue weighted by Crippen LogP contribution is -1.91. The molecule has 8 aromatic rings. The van der Waals surface area contributed by atoms with Crippen LogP contribution in [0, 0.1) is 11.3 Å². The standard InChI is InChI=1S/C40H24N2/c41-25-26-16-18-27(19-17-26)29-22-23-37(34-12-5-1-8-30(29)34)40-15-7-14-39(42-40)28-20-21-36-33-11-3-2-9-31(33)32-10-4-6-13-35(32)38(36)24-28/h1-24H. The average Bonchev–Trinajstić information content (AvgIpc) is 3.08. The lowest BCUT2D eigenvalue weighted by Gasteiger charge is -2.14. The molecule has 0 N–H and O–H groups in total. The van der Waals surface area contributed by atoms with Crippen LogP contribution in [-0.4, -0.2) is 4.98 Å². The molecule has 0 spiro atoms. The molecule has 8 rings (SSSR count). The van der Waals surface area contributed by atoms with Crippen LogP contribution in [0.1, 0.15) is 5.56 Å². The Balaban J connectivity index is 1.28. The van der Waals surface area contributed by atoms with E-state index in [4.69, 9.17) is 4.98 Å². The largest absolute Gasteiger partial charge is 0.248 e. The highest BCUT2D eigenvalue weighted by molar-refractivity contribution is 6.25. The molecule has 0 atom stereocenters. The van der Waals surface area contributed by atoms with Crippen molar-refractivity contribution >= 4 is 43.1 Å². The average molecular weight is 533 g/mol. The Bertz CT molecular complexity index is 2320. The summed E-state index contributed by atoms with van der Waals surface area (Å²) in [5.74, 6) is 0. The van der Waals surface area contributed by atoms with Crippen LogP contribution in [0.5, 0.6) is 0 Å². The zero-order valence-corrected chi connectivity index (χ0v) is 22.8. The van der Waals surface area contributed by atoms with E-state index in [-0.39, 0.29) is 0 Å². The summed E-state index contributed by atoms with van der Waals surface area (Å²) < 4.78 is 0. The molecule has 0 fully saturated rings. The zero-order chi connectivity index (χ0) is 28.0. The summed E-state index contributed by atoms with van der Waals surface area (Å²) >= 11 is 0. The summed E-state index contributed by atoms with van der Waals surface area (Å²) in [6, 6.07) is 53.2. The van der Waals surface area contributed by atoms with Crippen molar-refractivity contribution in [1.82, 2.24) is 4.98 Å². The molecule has 42 heavy (non-hydrogen) atoms. The lowest BCUT2D eigenvalue weighted by molar-refractivity contribution is 1.33. The Morgan fingerprint density at radius 1 is 0.381 bits per heavy atom. The highest BCUT2D eigenvalue weighted by Crippen LogP contribution is 2.38. The van der Waals surface area contributed by atoms with Crippen LogP contribution in [0.4, 0.5) is 0 Å². The van der Waals surface area contributed by atoms with Gasteiger partial charge in [-0.15, -0.1) is 0 Å². The summed E-state index contributed by atoms with van der Waals surface area (Å²) in [4.78, 5) is 5.20. The second kappa shape index (κ2) is 9.70. The molecule has 1 heterocycles. The molecule has 0 bridgehead atoms. The molecule has 7 aromatic carbocycles. The normalized spacial score (nSPS) is 11.3. The SMILES string of the molecule is N#Cc1ccc(-c2ccc(-c3cccc(-c4ccc5c6ccccc6c6ccccc6c5c4)n3)c3ccccc23)cc1. The number of nitrogens with zero attached hydrogens (tertiary/aromatic N) is 2. The van der Waals surface area contributed by atoms with Gasteiger partial charge in [0.15, 0.2) is 0 Å². The summed E-state index contributed by atoms with van der Waals surface area (Å²) in [6.45, 7) is 0. The summed E-state index contributed by atoms with van der Waals surface area (Å²) in [6.07, 6.45) is 0. The molecule has 0 aliphatic carbocycles. The quantitative estimate of drug-likeness (QED) is 0.212. The number of nitriles is 1. The number of benzene rings is 7. The second-order valence-electron chi connectivity index (χ2n) is 10.7. The highest BCUT2D eigenvalue weighted by atomic mass is 14.7. The van der Waals surface area contributed by atoms with Crippen LogP contribution < -0.4 is 0 Å². The Morgan fingerprint density at radius 2 is 0.881 bits per heavy atom. The van der Waals surface area contributed by atoms with Crippen molar-refractivity contribution < 1.29 is 0 Å². The van der Waals surface area contributed by atoms with Crippen molar-refractivity contribution in [2.24, 2.45) is 0 Å². The monoisotopic (exact) mass is 532 g/mol. The smallest absolute Gasteiger partial charge is 0.0991 e. The van der Waals surface area contributed by atoms with Gasteiger partial charge in [-0.2, -0.15) is 5.26 Å². The fourth-order valence-corrected chi connectivity index (χ4v) is 6.31. The Kier molecular flexibility index (Phi) is 5.55. The fourth-order valence-electron chi connectivity index (χ4n) is 6.31. The molecule has 0 aliphatic heterocycles. The maximum Gasteiger partial charge on any atom is 0.0991 e. The summed E-state index contributed by atoms with van der Waals surface area (Å²) in [5, 5.41) is 19.1. The third kappa shape index (κ3) is 3.84. The van der Waals surface area contributed by atoms with Gasteiger partial charge in [-0.3, -0.25) is 0 Å². The number of aromatic nitrogens is 1. The minimum absolute atomic E-state index is 0.663. The Labute approximate surface area is 243 Å². The van der Waals surface area contributed by atoms with Crippen molar-refractivity contribution in [2.75, 3.05) is 0 Å². The van der Waals surface area contributed by atoms with Gasteiger partial charge < -0.3 is 0 Å². The van der Waals surface area contributed by atoms with E-state index in [9.17, 15) is 5.26 Å². The minimum Gasteiger partial charge on any atom is -0.248 e. The number of pyridine rings is 1. The van der Waals surface area contributed by atoms with E-state index in [1.165, 1.54) is 32.3 Å². The third-order valence-corrected chi connectivity index (χ3v) is 8.31. The van der Waals surface area contributed by atoms with Crippen molar-refractivity contribution in [3.8, 4) is 39.7 Å².